The van der Waals surface area contributed by atoms with Gasteiger partial charge >= 0.3 is 0 Å². The molecule has 0 bridgehead atoms. The standard InChI is InChI=1S/C26H28N4O/c1-19(21-8-4-3-5-9-21)30-25(31)26(2,29-17-20-12-14-27-15-13-20)16-22-18-28-24-11-7-6-10-23(22)24/h3-15,18-19,28-29H,16-17H2,1-2H3,(H,30,31). The second-order valence-corrected chi connectivity index (χ2v) is 8.18. The summed E-state index contributed by atoms with van der Waals surface area (Å²) in [4.78, 5) is 20.9. The summed E-state index contributed by atoms with van der Waals surface area (Å²) in [6, 6.07) is 22.1. The summed E-state index contributed by atoms with van der Waals surface area (Å²) in [5.74, 6) is -0.0248. The van der Waals surface area contributed by atoms with E-state index in [4.69, 9.17) is 0 Å². The summed E-state index contributed by atoms with van der Waals surface area (Å²) < 4.78 is 0. The van der Waals surface area contributed by atoms with Gasteiger partial charge in [-0.1, -0.05) is 48.5 Å². The molecule has 1 amide bonds. The number of nitrogens with zero attached hydrogens (tertiary/aromatic N) is 1. The first-order chi connectivity index (χ1) is 15.0. The fraction of sp³-hybridized carbons (Fsp3) is 0.231. The summed E-state index contributed by atoms with van der Waals surface area (Å²) in [6.45, 7) is 4.57. The van der Waals surface area contributed by atoms with Crippen LogP contribution in [0.1, 0.15) is 36.6 Å². The molecule has 2 aromatic heterocycles. The van der Waals surface area contributed by atoms with E-state index in [1.807, 2.05) is 74.6 Å². The first kappa shape index (κ1) is 20.8. The number of amides is 1. The molecule has 5 heteroatoms. The summed E-state index contributed by atoms with van der Waals surface area (Å²) >= 11 is 0. The van der Waals surface area contributed by atoms with Crippen molar-refractivity contribution in [3.05, 3.63) is 102 Å². The summed E-state index contributed by atoms with van der Waals surface area (Å²) in [6.07, 6.45) is 6.11. The predicted octanol–water partition coefficient (Wildman–Crippen LogP) is 4.53. The molecule has 0 aliphatic carbocycles. The molecule has 2 unspecified atom stereocenters. The third-order valence-corrected chi connectivity index (χ3v) is 5.80. The van der Waals surface area contributed by atoms with Crippen molar-refractivity contribution >= 4 is 16.8 Å². The number of aromatic amines is 1. The number of para-hydroxylation sites is 1. The van der Waals surface area contributed by atoms with Crippen LogP contribution < -0.4 is 10.6 Å². The Morgan fingerprint density at radius 2 is 1.74 bits per heavy atom. The largest absolute Gasteiger partial charge is 0.361 e. The molecule has 31 heavy (non-hydrogen) atoms. The molecule has 2 aromatic carbocycles. The molecule has 0 aliphatic rings. The minimum Gasteiger partial charge on any atom is -0.361 e. The van der Waals surface area contributed by atoms with E-state index in [1.165, 1.54) is 0 Å². The molecule has 2 heterocycles. The fourth-order valence-corrected chi connectivity index (χ4v) is 3.86. The van der Waals surface area contributed by atoms with Crippen molar-refractivity contribution in [2.24, 2.45) is 0 Å². The molecule has 158 valence electrons. The lowest BCUT2D eigenvalue weighted by Gasteiger charge is -2.31. The second kappa shape index (κ2) is 9.14. The van der Waals surface area contributed by atoms with Gasteiger partial charge in [-0.25, -0.2) is 0 Å². The van der Waals surface area contributed by atoms with E-state index in [0.717, 1.165) is 27.6 Å². The highest BCUT2D eigenvalue weighted by Crippen LogP contribution is 2.24. The van der Waals surface area contributed by atoms with Crippen LogP contribution in [0.15, 0.2) is 85.3 Å². The predicted molar refractivity (Wildman–Crippen MR) is 124 cm³/mol. The quantitative estimate of drug-likeness (QED) is 0.398. The van der Waals surface area contributed by atoms with Gasteiger partial charge < -0.3 is 10.3 Å². The van der Waals surface area contributed by atoms with Crippen LogP contribution in [0.3, 0.4) is 0 Å². The minimum absolute atomic E-state index is 0.0248. The molecule has 0 fully saturated rings. The van der Waals surface area contributed by atoms with E-state index in [-0.39, 0.29) is 11.9 Å². The maximum absolute atomic E-state index is 13.5. The van der Waals surface area contributed by atoms with E-state index >= 15 is 0 Å². The smallest absolute Gasteiger partial charge is 0.240 e. The van der Waals surface area contributed by atoms with E-state index in [2.05, 4.69) is 32.7 Å². The Balaban J connectivity index is 1.58. The molecule has 0 saturated carbocycles. The number of pyridine rings is 1. The summed E-state index contributed by atoms with van der Waals surface area (Å²) in [5.41, 5.74) is 3.57. The van der Waals surface area contributed by atoms with Crippen molar-refractivity contribution in [3.8, 4) is 0 Å². The monoisotopic (exact) mass is 412 g/mol. The maximum Gasteiger partial charge on any atom is 0.240 e. The number of carbonyl (C=O) groups excluding carboxylic acids is 1. The number of nitrogens with one attached hydrogen (secondary N) is 3. The number of fused-ring (bicyclic) bond motifs is 1. The Morgan fingerprint density at radius 3 is 2.52 bits per heavy atom. The highest BCUT2D eigenvalue weighted by Gasteiger charge is 2.34. The number of H-pyrrole nitrogens is 1. The zero-order chi connectivity index (χ0) is 21.7. The Kier molecular flexibility index (Phi) is 6.14. The van der Waals surface area contributed by atoms with Gasteiger partial charge in [0.25, 0.3) is 0 Å². The molecule has 0 spiro atoms. The number of benzene rings is 2. The topological polar surface area (TPSA) is 69.8 Å². The van der Waals surface area contributed by atoms with Crippen LogP contribution >= 0.6 is 0 Å². The lowest BCUT2D eigenvalue weighted by molar-refractivity contribution is -0.127. The molecular weight excluding hydrogens is 384 g/mol. The van der Waals surface area contributed by atoms with Crippen LogP contribution in [0.5, 0.6) is 0 Å². The Hall–Kier alpha value is -3.44. The SMILES string of the molecule is CC(NC(=O)C(C)(Cc1c[nH]c2ccccc12)NCc1ccncc1)c1ccccc1. The zero-order valence-electron chi connectivity index (χ0n) is 17.9. The number of hydrogen-bond donors (Lipinski definition) is 3. The second-order valence-electron chi connectivity index (χ2n) is 8.18. The van der Waals surface area contributed by atoms with E-state index in [9.17, 15) is 4.79 Å². The van der Waals surface area contributed by atoms with Gasteiger partial charge in [-0.2, -0.15) is 0 Å². The zero-order valence-corrected chi connectivity index (χ0v) is 17.9. The molecule has 0 aliphatic heterocycles. The lowest BCUT2D eigenvalue weighted by Crippen LogP contribution is -2.56. The van der Waals surface area contributed by atoms with Crippen LogP contribution in [0.4, 0.5) is 0 Å². The highest BCUT2D eigenvalue weighted by atomic mass is 16.2. The molecule has 4 rings (SSSR count). The molecule has 0 saturated heterocycles. The lowest BCUT2D eigenvalue weighted by atomic mass is 9.90. The van der Waals surface area contributed by atoms with Gasteiger partial charge in [0.1, 0.15) is 0 Å². The van der Waals surface area contributed by atoms with E-state index < -0.39 is 5.54 Å². The van der Waals surface area contributed by atoms with Crippen molar-refractivity contribution in [1.82, 2.24) is 20.6 Å². The van der Waals surface area contributed by atoms with Gasteiger partial charge in [0.05, 0.1) is 11.6 Å². The molecular formula is C26H28N4O. The molecule has 4 aromatic rings. The van der Waals surface area contributed by atoms with Crippen LogP contribution in [0.25, 0.3) is 10.9 Å². The van der Waals surface area contributed by atoms with Crippen LogP contribution in [-0.4, -0.2) is 21.4 Å². The van der Waals surface area contributed by atoms with Crippen molar-refractivity contribution in [3.63, 3.8) is 0 Å². The Labute approximate surface area is 182 Å². The maximum atomic E-state index is 13.5. The van der Waals surface area contributed by atoms with Gasteiger partial charge in [0.2, 0.25) is 5.91 Å². The number of aromatic nitrogens is 2. The average Bonchev–Trinajstić information content (AvgIpc) is 3.21. The first-order valence-corrected chi connectivity index (χ1v) is 10.6. The first-order valence-electron chi connectivity index (χ1n) is 10.6. The third-order valence-electron chi connectivity index (χ3n) is 5.80. The number of rotatable bonds is 8. The minimum atomic E-state index is -0.794. The molecule has 3 N–H and O–H groups in total. The molecule has 2 atom stereocenters. The average molecular weight is 413 g/mol. The van der Waals surface area contributed by atoms with Gasteiger partial charge in [0.15, 0.2) is 0 Å². The van der Waals surface area contributed by atoms with Gasteiger partial charge in [0, 0.05) is 42.5 Å². The Morgan fingerprint density at radius 1 is 1.03 bits per heavy atom. The van der Waals surface area contributed by atoms with E-state index in [0.29, 0.717) is 13.0 Å². The summed E-state index contributed by atoms with van der Waals surface area (Å²) in [7, 11) is 0. The number of carbonyl (C=O) groups is 1. The fourth-order valence-electron chi connectivity index (χ4n) is 3.86. The van der Waals surface area contributed by atoms with Crippen molar-refractivity contribution < 1.29 is 4.79 Å². The van der Waals surface area contributed by atoms with Gasteiger partial charge in [-0.3, -0.25) is 15.1 Å². The third kappa shape index (κ3) is 4.84. The van der Waals surface area contributed by atoms with Crippen LogP contribution in [0, 0.1) is 0 Å². The Bertz CT molecular complexity index is 1140. The molecule has 5 nitrogen and oxygen atoms in total. The van der Waals surface area contributed by atoms with Gasteiger partial charge in [-0.05, 0) is 48.7 Å². The summed E-state index contributed by atoms with van der Waals surface area (Å²) in [5, 5.41) is 7.87. The van der Waals surface area contributed by atoms with Crippen LogP contribution in [-0.2, 0) is 17.8 Å². The highest BCUT2D eigenvalue weighted by molar-refractivity contribution is 5.89. The number of hydrogen-bond acceptors (Lipinski definition) is 3. The van der Waals surface area contributed by atoms with Crippen molar-refractivity contribution in [1.29, 1.82) is 0 Å². The normalized spacial score (nSPS) is 14.1. The van der Waals surface area contributed by atoms with Crippen LogP contribution in [0.2, 0.25) is 0 Å². The van der Waals surface area contributed by atoms with E-state index in [1.54, 1.807) is 12.4 Å². The van der Waals surface area contributed by atoms with Crippen molar-refractivity contribution in [2.75, 3.05) is 0 Å². The van der Waals surface area contributed by atoms with Gasteiger partial charge in [-0.15, -0.1) is 0 Å². The molecule has 0 radical (unpaired) electrons. The van der Waals surface area contributed by atoms with Crippen molar-refractivity contribution in [2.45, 2.75) is 38.4 Å².